The Morgan fingerprint density at radius 3 is 0.846 bits per heavy atom. The molecule has 2 nitrogen and oxygen atoms in total. The lowest BCUT2D eigenvalue weighted by molar-refractivity contribution is 1.33. The van der Waals surface area contributed by atoms with Crippen molar-refractivity contribution in [2.45, 2.75) is 0 Å². The van der Waals surface area contributed by atoms with Crippen LogP contribution in [0, 0.1) is 0 Å². The normalized spacial score (nSPS) is 7.38. The Labute approximate surface area is 95.1 Å². The van der Waals surface area contributed by atoms with E-state index in [9.17, 15) is 0 Å². The summed E-state index contributed by atoms with van der Waals surface area (Å²) in [5, 5.41) is 0. The van der Waals surface area contributed by atoms with Crippen LogP contribution in [0.15, 0.2) is 61.2 Å². The molecule has 2 heterocycles. The first-order chi connectivity index (χ1) is 6.00. The molecule has 0 amide bonds. The molecule has 3 heteroatoms. The molecule has 0 aliphatic heterocycles. The molecular weight excluding hydrogens is 275 g/mol. The van der Waals surface area contributed by atoms with Crippen molar-refractivity contribution < 1.29 is 0 Å². The summed E-state index contributed by atoms with van der Waals surface area (Å²) in [5.74, 6) is 0. The zero-order valence-electron chi connectivity index (χ0n) is 7.08. The zero-order chi connectivity index (χ0) is 8.49. The minimum atomic E-state index is 0. The number of hydrogen-bond acceptors (Lipinski definition) is 2. The number of hydrogen-bond donors (Lipinski definition) is 0. The van der Waals surface area contributed by atoms with Crippen molar-refractivity contribution >= 4 is 24.0 Å². The second-order valence-electron chi connectivity index (χ2n) is 2.05. The number of rotatable bonds is 0. The van der Waals surface area contributed by atoms with Crippen LogP contribution in [0.5, 0.6) is 0 Å². The van der Waals surface area contributed by atoms with E-state index < -0.39 is 0 Å². The monoisotopic (exact) mass is 286 g/mol. The summed E-state index contributed by atoms with van der Waals surface area (Å²) >= 11 is 0. The average Bonchev–Trinajstić information content (AvgIpc) is 2.24. The number of pyridine rings is 2. The van der Waals surface area contributed by atoms with Gasteiger partial charge < -0.3 is 0 Å². The van der Waals surface area contributed by atoms with Crippen molar-refractivity contribution in [1.29, 1.82) is 0 Å². The zero-order valence-corrected chi connectivity index (χ0v) is 9.41. The highest BCUT2D eigenvalue weighted by molar-refractivity contribution is 14.0. The highest BCUT2D eigenvalue weighted by Crippen LogP contribution is 1.74. The maximum atomic E-state index is 3.78. The third-order valence-corrected chi connectivity index (χ3v) is 1.13. The van der Waals surface area contributed by atoms with Crippen molar-refractivity contribution in [2.24, 2.45) is 0 Å². The molecule has 0 atom stereocenters. The lowest BCUT2D eigenvalue weighted by atomic mass is 10.5. The molecule has 0 radical (unpaired) electrons. The van der Waals surface area contributed by atoms with Gasteiger partial charge in [0, 0.05) is 24.8 Å². The minimum Gasteiger partial charge on any atom is -0.265 e. The molecule has 0 saturated carbocycles. The van der Waals surface area contributed by atoms with Crippen LogP contribution in [0.2, 0.25) is 0 Å². The van der Waals surface area contributed by atoms with Crippen LogP contribution < -0.4 is 0 Å². The molecule has 0 aliphatic rings. The summed E-state index contributed by atoms with van der Waals surface area (Å²) in [7, 11) is 0. The molecule has 0 aliphatic carbocycles. The number of halogens is 1. The Bertz CT molecular complexity index is 188. The standard InChI is InChI=1S/2C5H5N.HI/c2*1-2-4-6-5-3-1;/h2*1-5H;1H. The fraction of sp³-hybridized carbons (Fsp3) is 0. The highest BCUT2D eigenvalue weighted by atomic mass is 127. The molecule has 0 spiro atoms. The summed E-state index contributed by atoms with van der Waals surface area (Å²) in [6.07, 6.45) is 7.00. The van der Waals surface area contributed by atoms with E-state index in [0.717, 1.165) is 0 Å². The van der Waals surface area contributed by atoms with Gasteiger partial charge in [-0.05, 0) is 24.3 Å². The van der Waals surface area contributed by atoms with Gasteiger partial charge in [0.1, 0.15) is 0 Å². The molecule has 2 aromatic heterocycles. The van der Waals surface area contributed by atoms with E-state index in [0.29, 0.717) is 0 Å². The Morgan fingerprint density at radius 1 is 0.462 bits per heavy atom. The van der Waals surface area contributed by atoms with Crippen molar-refractivity contribution in [3.63, 3.8) is 0 Å². The van der Waals surface area contributed by atoms with Crippen LogP contribution in [-0.4, -0.2) is 9.97 Å². The molecule has 68 valence electrons. The second kappa shape index (κ2) is 9.12. The van der Waals surface area contributed by atoms with Gasteiger partial charge in [0.25, 0.3) is 0 Å². The van der Waals surface area contributed by atoms with Crippen LogP contribution in [0.25, 0.3) is 0 Å². The lowest BCUT2D eigenvalue weighted by Crippen LogP contribution is -1.58. The van der Waals surface area contributed by atoms with Gasteiger partial charge in [0.15, 0.2) is 0 Å². The van der Waals surface area contributed by atoms with Crippen LogP contribution in [-0.2, 0) is 0 Å². The van der Waals surface area contributed by atoms with Gasteiger partial charge in [-0.15, -0.1) is 24.0 Å². The predicted molar refractivity (Wildman–Crippen MR) is 63.9 cm³/mol. The lowest BCUT2D eigenvalue weighted by Gasteiger charge is -1.70. The summed E-state index contributed by atoms with van der Waals surface area (Å²) in [6.45, 7) is 0. The first kappa shape index (κ1) is 12.0. The topological polar surface area (TPSA) is 25.8 Å². The predicted octanol–water partition coefficient (Wildman–Crippen LogP) is 2.78. The molecule has 0 unspecified atom stereocenters. The molecule has 0 fully saturated rings. The van der Waals surface area contributed by atoms with Gasteiger partial charge in [-0.3, -0.25) is 9.97 Å². The Hall–Kier alpha value is -0.970. The van der Waals surface area contributed by atoms with Crippen molar-refractivity contribution in [1.82, 2.24) is 9.97 Å². The van der Waals surface area contributed by atoms with E-state index in [1.165, 1.54) is 0 Å². The van der Waals surface area contributed by atoms with Gasteiger partial charge >= 0.3 is 0 Å². The van der Waals surface area contributed by atoms with Crippen molar-refractivity contribution in [2.75, 3.05) is 0 Å². The summed E-state index contributed by atoms with van der Waals surface area (Å²) in [6, 6.07) is 11.4. The smallest absolute Gasteiger partial charge is 0.0267 e. The molecule has 0 bridgehead atoms. The van der Waals surface area contributed by atoms with E-state index in [1.54, 1.807) is 24.8 Å². The summed E-state index contributed by atoms with van der Waals surface area (Å²) in [4.78, 5) is 7.57. The van der Waals surface area contributed by atoms with E-state index in [-0.39, 0.29) is 24.0 Å². The maximum Gasteiger partial charge on any atom is 0.0267 e. The van der Waals surface area contributed by atoms with E-state index >= 15 is 0 Å². The molecular formula is C10H11IN2. The van der Waals surface area contributed by atoms with E-state index in [4.69, 9.17) is 0 Å². The Morgan fingerprint density at radius 2 is 0.769 bits per heavy atom. The largest absolute Gasteiger partial charge is 0.265 e. The maximum absolute atomic E-state index is 3.78. The highest BCUT2D eigenvalue weighted by Gasteiger charge is 1.59. The van der Waals surface area contributed by atoms with Crippen LogP contribution in [0.1, 0.15) is 0 Å². The van der Waals surface area contributed by atoms with E-state index in [1.807, 2.05) is 36.4 Å². The third kappa shape index (κ3) is 7.39. The molecule has 2 rings (SSSR count). The molecule has 0 N–H and O–H groups in total. The van der Waals surface area contributed by atoms with Crippen LogP contribution in [0.4, 0.5) is 0 Å². The van der Waals surface area contributed by atoms with Crippen LogP contribution >= 0.6 is 24.0 Å². The SMILES string of the molecule is I.c1ccncc1.c1ccncc1. The quantitative estimate of drug-likeness (QED) is 0.696. The summed E-state index contributed by atoms with van der Waals surface area (Å²) in [5.41, 5.74) is 0. The van der Waals surface area contributed by atoms with Gasteiger partial charge in [0.2, 0.25) is 0 Å². The summed E-state index contributed by atoms with van der Waals surface area (Å²) < 4.78 is 0. The Balaban J connectivity index is 0.000000206. The molecule has 2 aromatic rings. The van der Waals surface area contributed by atoms with Crippen LogP contribution in [0.3, 0.4) is 0 Å². The minimum absolute atomic E-state index is 0. The first-order valence-corrected chi connectivity index (χ1v) is 3.70. The first-order valence-electron chi connectivity index (χ1n) is 3.70. The second-order valence-corrected chi connectivity index (χ2v) is 2.05. The van der Waals surface area contributed by atoms with Gasteiger partial charge in [0.05, 0.1) is 0 Å². The third-order valence-electron chi connectivity index (χ3n) is 1.13. The number of aromatic nitrogens is 2. The molecule has 0 saturated heterocycles. The molecule has 0 aromatic carbocycles. The fourth-order valence-electron chi connectivity index (χ4n) is 0.625. The Kier molecular flexibility index (Phi) is 8.44. The number of nitrogens with zero attached hydrogens (tertiary/aromatic N) is 2. The van der Waals surface area contributed by atoms with E-state index in [2.05, 4.69) is 9.97 Å². The fourth-order valence-corrected chi connectivity index (χ4v) is 0.625. The van der Waals surface area contributed by atoms with Gasteiger partial charge in [-0.25, -0.2) is 0 Å². The van der Waals surface area contributed by atoms with Gasteiger partial charge in [-0.1, -0.05) is 12.1 Å². The van der Waals surface area contributed by atoms with Crippen molar-refractivity contribution in [3.05, 3.63) is 61.2 Å². The molecule has 13 heavy (non-hydrogen) atoms. The average molecular weight is 286 g/mol. The van der Waals surface area contributed by atoms with Gasteiger partial charge in [-0.2, -0.15) is 0 Å². The van der Waals surface area contributed by atoms with Crippen molar-refractivity contribution in [3.8, 4) is 0 Å².